The van der Waals surface area contributed by atoms with Crippen molar-refractivity contribution in [2.45, 2.75) is 31.8 Å². The fourth-order valence-electron chi connectivity index (χ4n) is 2.99. The van der Waals surface area contributed by atoms with Gasteiger partial charge in [0.2, 0.25) is 0 Å². The molecule has 0 fully saturated rings. The van der Waals surface area contributed by atoms with Crippen LogP contribution < -0.4 is 5.32 Å². The molecule has 0 amide bonds. The van der Waals surface area contributed by atoms with Gasteiger partial charge in [0.15, 0.2) is 0 Å². The summed E-state index contributed by atoms with van der Waals surface area (Å²) in [5, 5.41) is 29.1. The lowest BCUT2D eigenvalue weighted by atomic mass is 9.87. The van der Waals surface area contributed by atoms with Crippen LogP contribution in [0.25, 0.3) is 0 Å². The summed E-state index contributed by atoms with van der Waals surface area (Å²) in [4.78, 5) is 28.7. The third-order valence-corrected chi connectivity index (χ3v) is 4.23. The van der Waals surface area contributed by atoms with Crippen LogP contribution >= 0.6 is 0 Å². The van der Waals surface area contributed by atoms with Crippen LogP contribution in [-0.4, -0.2) is 27.1 Å². The number of nitrogens with zero attached hydrogens (tertiary/aromatic N) is 1. The minimum Gasteiger partial charge on any atom is -0.473 e. The summed E-state index contributed by atoms with van der Waals surface area (Å²) in [6.45, 7) is 0.653. The van der Waals surface area contributed by atoms with E-state index in [4.69, 9.17) is 19.8 Å². The van der Waals surface area contributed by atoms with Gasteiger partial charge in [-0.1, -0.05) is 36.4 Å². The van der Waals surface area contributed by atoms with Crippen LogP contribution in [0.1, 0.15) is 35.6 Å². The number of nitro groups is 1. The van der Waals surface area contributed by atoms with Gasteiger partial charge in [0.1, 0.15) is 0 Å². The highest BCUT2D eigenvalue weighted by Crippen LogP contribution is 2.29. The van der Waals surface area contributed by atoms with Crippen LogP contribution in [0.3, 0.4) is 0 Å². The minimum absolute atomic E-state index is 0.151. The number of aryl methyl sites for hydroxylation is 1. The fraction of sp³-hybridized carbons (Fsp3) is 0.263. The number of nitro benzene ring substituents is 1. The van der Waals surface area contributed by atoms with Crippen molar-refractivity contribution in [2.75, 3.05) is 0 Å². The van der Waals surface area contributed by atoms with Crippen LogP contribution in [-0.2, 0) is 22.6 Å². The molecule has 0 saturated carbocycles. The number of aliphatic carboxylic acids is 2. The lowest BCUT2D eigenvalue weighted by molar-refractivity contribution is -0.384. The lowest BCUT2D eigenvalue weighted by Gasteiger charge is -2.26. The van der Waals surface area contributed by atoms with Crippen molar-refractivity contribution in [3.8, 4) is 0 Å². The topological polar surface area (TPSA) is 130 Å². The van der Waals surface area contributed by atoms with Crippen molar-refractivity contribution in [2.24, 2.45) is 0 Å². The molecule has 0 heterocycles. The van der Waals surface area contributed by atoms with Crippen molar-refractivity contribution in [1.82, 2.24) is 5.32 Å². The first-order valence-corrected chi connectivity index (χ1v) is 8.39. The number of carboxylic acid groups (broad SMARTS) is 2. The highest BCUT2D eigenvalue weighted by atomic mass is 16.6. The van der Waals surface area contributed by atoms with Crippen LogP contribution in [0.2, 0.25) is 0 Å². The van der Waals surface area contributed by atoms with E-state index < -0.39 is 11.9 Å². The minimum atomic E-state index is -1.82. The Kier molecular flexibility index (Phi) is 7.01. The second-order valence-corrected chi connectivity index (χ2v) is 6.06. The van der Waals surface area contributed by atoms with E-state index in [0.29, 0.717) is 12.6 Å². The third-order valence-electron chi connectivity index (χ3n) is 4.23. The Balaban J connectivity index is 0.000000380. The van der Waals surface area contributed by atoms with Gasteiger partial charge in [-0.05, 0) is 36.0 Å². The molecule has 1 unspecified atom stereocenters. The van der Waals surface area contributed by atoms with Gasteiger partial charge < -0.3 is 15.5 Å². The molecule has 0 aliphatic heterocycles. The number of hydrogen-bond acceptors (Lipinski definition) is 5. The third kappa shape index (κ3) is 5.89. The van der Waals surface area contributed by atoms with Gasteiger partial charge in [-0.15, -0.1) is 0 Å². The molecular weight excluding hydrogens is 352 g/mol. The zero-order chi connectivity index (χ0) is 19.8. The first kappa shape index (κ1) is 20.1. The number of fused-ring (bicyclic) bond motifs is 1. The van der Waals surface area contributed by atoms with E-state index in [1.807, 2.05) is 6.07 Å². The first-order valence-electron chi connectivity index (χ1n) is 8.39. The van der Waals surface area contributed by atoms with Crippen LogP contribution in [0.5, 0.6) is 0 Å². The number of non-ortho nitro benzene ring substituents is 1. The Bertz CT molecular complexity index is 824. The number of benzene rings is 2. The summed E-state index contributed by atoms with van der Waals surface area (Å²) in [5.74, 6) is -3.65. The number of carbonyl (C=O) groups is 2. The normalized spacial score (nSPS) is 15.0. The van der Waals surface area contributed by atoms with Crippen molar-refractivity contribution in [3.05, 3.63) is 75.3 Å². The Morgan fingerprint density at radius 2 is 1.81 bits per heavy atom. The molecule has 0 spiro atoms. The second kappa shape index (κ2) is 9.44. The molecule has 142 valence electrons. The molecule has 2 aromatic rings. The van der Waals surface area contributed by atoms with E-state index >= 15 is 0 Å². The summed E-state index contributed by atoms with van der Waals surface area (Å²) in [6, 6.07) is 15.7. The molecule has 0 saturated heterocycles. The summed E-state index contributed by atoms with van der Waals surface area (Å²) in [7, 11) is 0. The quantitative estimate of drug-likeness (QED) is 0.427. The molecule has 1 aliphatic carbocycles. The van der Waals surface area contributed by atoms with Gasteiger partial charge in [-0.25, -0.2) is 9.59 Å². The first-order chi connectivity index (χ1) is 12.9. The molecule has 2 aromatic carbocycles. The molecule has 0 radical (unpaired) electrons. The Morgan fingerprint density at radius 1 is 1.11 bits per heavy atom. The monoisotopic (exact) mass is 372 g/mol. The molecular formula is C19H20N2O6. The lowest BCUT2D eigenvalue weighted by Crippen LogP contribution is -2.24. The van der Waals surface area contributed by atoms with Crippen molar-refractivity contribution in [3.63, 3.8) is 0 Å². The zero-order valence-corrected chi connectivity index (χ0v) is 14.5. The van der Waals surface area contributed by atoms with E-state index in [9.17, 15) is 10.1 Å². The zero-order valence-electron chi connectivity index (χ0n) is 14.5. The second-order valence-electron chi connectivity index (χ2n) is 6.06. The molecule has 1 aliphatic rings. The number of carboxylic acids is 2. The van der Waals surface area contributed by atoms with Gasteiger partial charge in [-0.2, -0.15) is 0 Å². The average molecular weight is 372 g/mol. The van der Waals surface area contributed by atoms with Crippen molar-refractivity contribution in [1.29, 1.82) is 0 Å². The maximum atomic E-state index is 10.8. The highest BCUT2D eigenvalue weighted by Gasteiger charge is 2.19. The SMILES string of the molecule is O=C(O)C(=O)O.O=[N+]([O-])c1cccc(CNC2CCCc3ccccc32)c1. The van der Waals surface area contributed by atoms with E-state index in [0.717, 1.165) is 18.4 Å². The predicted molar refractivity (Wildman–Crippen MR) is 97.3 cm³/mol. The van der Waals surface area contributed by atoms with Crippen molar-refractivity contribution < 1.29 is 24.7 Å². The Labute approximate surface area is 155 Å². The summed E-state index contributed by atoms with van der Waals surface area (Å²) >= 11 is 0. The Morgan fingerprint density at radius 3 is 2.48 bits per heavy atom. The predicted octanol–water partition coefficient (Wildman–Crippen LogP) is 2.92. The number of rotatable bonds is 4. The molecule has 8 heteroatoms. The molecule has 8 nitrogen and oxygen atoms in total. The molecule has 3 rings (SSSR count). The largest absolute Gasteiger partial charge is 0.473 e. The van der Waals surface area contributed by atoms with Gasteiger partial charge in [0.05, 0.1) is 4.92 Å². The van der Waals surface area contributed by atoms with E-state index in [-0.39, 0.29) is 10.6 Å². The Hall–Kier alpha value is -3.26. The number of nitrogens with one attached hydrogen (secondary N) is 1. The van der Waals surface area contributed by atoms with Gasteiger partial charge >= 0.3 is 11.9 Å². The van der Waals surface area contributed by atoms with Gasteiger partial charge in [0, 0.05) is 24.7 Å². The molecule has 27 heavy (non-hydrogen) atoms. The molecule has 0 bridgehead atoms. The molecule has 0 aromatic heterocycles. The smallest absolute Gasteiger partial charge is 0.414 e. The summed E-state index contributed by atoms with van der Waals surface area (Å²) in [6.07, 6.45) is 3.45. The number of hydrogen-bond donors (Lipinski definition) is 3. The fourth-order valence-corrected chi connectivity index (χ4v) is 2.99. The molecule has 1 atom stereocenters. The van der Waals surface area contributed by atoms with E-state index in [1.165, 1.54) is 23.6 Å². The van der Waals surface area contributed by atoms with E-state index in [2.05, 4.69) is 29.6 Å². The average Bonchev–Trinajstić information content (AvgIpc) is 2.67. The molecule has 3 N–H and O–H groups in total. The van der Waals surface area contributed by atoms with Gasteiger partial charge in [0.25, 0.3) is 5.69 Å². The summed E-state index contributed by atoms with van der Waals surface area (Å²) < 4.78 is 0. The van der Waals surface area contributed by atoms with Crippen LogP contribution in [0, 0.1) is 10.1 Å². The van der Waals surface area contributed by atoms with Crippen LogP contribution in [0.15, 0.2) is 48.5 Å². The van der Waals surface area contributed by atoms with Crippen LogP contribution in [0.4, 0.5) is 5.69 Å². The van der Waals surface area contributed by atoms with E-state index in [1.54, 1.807) is 12.1 Å². The maximum absolute atomic E-state index is 10.8. The highest BCUT2D eigenvalue weighted by molar-refractivity contribution is 6.27. The summed E-state index contributed by atoms with van der Waals surface area (Å²) in [5.41, 5.74) is 3.89. The standard InChI is InChI=1S/C17H18N2O2.C2H2O4/c20-19(21)15-8-3-5-13(11-15)12-18-17-10-4-7-14-6-1-2-9-16(14)17;3-1(4)2(5)6/h1-3,5-6,8-9,11,17-18H,4,7,10,12H2;(H,3,4)(H,5,6). The van der Waals surface area contributed by atoms with Crippen molar-refractivity contribution >= 4 is 17.6 Å². The maximum Gasteiger partial charge on any atom is 0.414 e. The van der Waals surface area contributed by atoms with Gasteiger partial charge in [-0.3, -0.25) is 10.1 Å².